The Morgan fingerprint density at radius 3 is 2.31 bits per heavy atom. The molecule has 1 aromatic heterocycles. The number of hydrogen-bond donors (Lipinski definition) is 3. The number of rotatable bonds is 12. The average molecular weight is 580 g/mol. The normalized spacial score (nSPS) is 16.6. The first-order valence-corrected chi connectivity index (χ1v) is 15.4. The van der Waals surface area contributed by atoms with Crippen LogP contribution in [0.25, 0.3) is 0 Å². The molecular formula is C34H47F2N5O. The van der Waals surface area contributed by atoms with Crippen LogP contribution in [-0.2, 0) is 17.4 Å². The maximum absolute atomic E-state index is 14.1. The van der Waals surface area contributed by atoms with Gasteiger partial charge in [0.05, 0.1) is 12.1 Å². The van der Waals surface area contributed by atoms with E-state index in [-0.39, 0.29) is 17.4 Å². The van der Waals surface area contributed by atoms with Gasteiger partial charge in [0.15, 0.2) is 0 Å². The molecule has 3 aromatic rings. The van der Waals surface area contributed by atoms with E-state index in [1.54, 1.807) is 12.3 Å². The Bertz CT molecular complexity index is 1280. The van der Waals surface area contributed by atoms with E-state index >= 15 is 0 Å². The van der Waals surface area contributed by atoms with Gasteiger partial charge in [-0.15, -0.1) is 0 Å². The lowest BCUT2D eigenvalue weighted by Crippen LogP contribution is -2.51. The van der Waals surface area contributed by atoms with Crippen molar-refractivity contribution in [3.63, 3.8) is 0 Å². The smallest absolute Gasteiger partial charge is 0.227 e. The summed E-state index contributed by atoms with van der Waals surface area (Å²) in [6, 6.07) is 13.5. The number of aliphatic hydroxyl groups excluding tert-OH is 1. The molecule has 0 unspecified atom stereocenters. The number of nitrogens with zero attached hydrogens (tertiary/aromatic N) is 3. The fraction of sp³-hybridized carbons (Fsp3) is 0.529. The average Bonchev–Trinajstić information content (AvgIpc) is 2.96. The molecule has 6 nitrogen and oxygen atoms in total. The lowest BCUT2D eigenvalue weighted by atomic mass is 9.74. The van der Waals surface area contributed by atoms with Crippen LogP contribution in [0.1, 0.15) is 83.4 Å². The molecule has 1 aliphatic carbocycles. The van der Waals surface area contributed by atoms with Crippen LogP contribution in [0, 0.1) is 11.6 Å². The number of halogens is 2. The summed E-state index contributed by atoms with van der Waals surface area (Å²) in [5, 5.41) is 18.8. The van der Waals surface area contributed by atoms with Gasteiger partial charge >= 0.3 is 0 Å². The zero-order valence-electron chi connectivity index (χ0n) is 25.8. The molecule has 42 heavy (non-hydrogen) atoms. The van der Waals surface area contributed by atoms with Crippen molar-refractivity contribution < 1.29 is 13.9 Å². The minimum absolute atomic E-state index is 0.0299. The summed E-state index contributed by atoms with van der Waals surface area (Å²) < 4.78 is 28.2. The monoisotopic (exact) mass is 579 g/mol. The third-order valence-corrected chi connectivity index (χ3v) is 8.50. The molecule has 1 saturated carbocycles. The molecule has 0 aliphatic heterocycles. The van der Waals surface area contributed by atoms with Crippen molar-refractivity contribution in [1.29, 1.82) is 0 Å². The third kappa shape index (κ3) is 8.04. The van der Waals surface area contributed by atoms with Crippen LogP contribution in [-0.4, -0.2) is 46.9 Å². The molecule has 0 amide bonds. The maximum atomic E-state index is 14.1. The summed E-state index contributed by atoms with van der Waals surface area (Å²) in [5.41, 5.74) is 2.78. The Hall–Kier alpha value is -3.10. The summed E-state index contributed by atoms with van der Waals surface area (Å²) in [6.45, 7) is 12.6. The minimum Gasteiger partial charge on any atom is -0.390 e. The summed E-state index contributed by atoms with van der Waals surface area (Å²) >= 11 is 0. The first kappa shape index (κ1) is 31.8. The Kier molecular flexibility index (Phi) is 10.5. The largest absolute Gasteiger partial charge is 0.390 e. The molecule has 2 aromatic carbocycles. The van der Waals surface area contributed by atoms with Crippen molar-refractivity contribution in [3.8, 4) is 0 Å². The van der Waals surface area contributed by atoms with Gasteiger partial charge in [-0.05, 0) is 73.4 Å². The topological polar surface area (TPSA) is 73.3 Å². The number of benzene rings is 2. The highest BCUT2D eigenvalue weighted by Crippen LogP contribution is 2.38. The second kappa shape index (κ2) is 13.9. The Morgan fingerprint density at radius 1 is 0.976 bits per heavy atom. The third-order valence-electron chi connectivity index (χ3n) is 8.50. The minimum atomic E-state index is -0.868. The summed E-state index contributed by atoms with van der Waals surface area (Å²) in [7, 11) is 0. The van der Waals surface area contributed by atoms with E-state index in [0.717, 1.165) is 44.8 Å². The quantitative estimate of drug-likeness (QED) is 0.221. The van der Waals surface area contributed by atoms with Crippen molar-refractivity contribution in [3.05, 3.63) is 83.1 Å². The highest BCUT2D eigenvalue weighted by Gasteiger charge is 2.35. The number of anilines is 2. The van der Waals surface area contributed by atoms with Crippen LogP contribution in [0.5, 0.6) is 0 Å². The van der Waals surface area contributed by atoms with E-state index in [2.05, 4.69) is 65.6 Å². The zero-order chi connectivity index (χ0) is 30.3. The molecular weight excluding hydrogens is 532 g/mol. The molecule has 3 N–H and O–H groups in total. The lowest BCUT2D eigenvalue weighted by molar-refractivity contribution is 0.122. The fourth-order valence-corrected chi connectivity index (χ4v) is 5.99. The highest BCUT2D eigenvalue weighted by molar-refractivity contribution is 5.42. The standard InChI is InChI=1S/C34H47F2N5O/c1-6-41(7-2)32-37-17-14-31(40-32)39-29(20-24-18-27(35)22-28(36)19-24)30(42)23-38-34(15-9-8-10-16-34)26-13-11-12-25(21-26)33(3,4)5/h11-14,17-19,21-22,29-30,38,42H,6-10,15-16,20,23H2,1-5H3,(H,37,39,40)/t29-,30+/m0/s1. The van der Waals surface area contributed by atoms with Crippen molar-refractivity contribution in [1.82, 2.24) is 15.3 Å². The van der Waals surface area contributed by atoms with Crippen LogP contribution in [0.4, 0.5) is 20.5 Å². The Morgan fingerprint density at radius 2 is 1.67 bits per heavy atom. The molecule has 0 spiro atoms. The lowest BCUT2D eigenvalue weighted by Gasteiger charge is -2.41. The molecule has 8 heteroatoms. The second-order valence-electron chi connectivity index (χ2n) is 12.6. The predicted octanol–water partition coefficient (Wildman–Crippen LogP) is 6.73. The van der Waals surface area contributed by atoms with Crippen LogP contribution < -0.4 is 15.5 Å². The van der Waals surface area contributed by atoms with Gasteiger partial charge in [-0.2, -0.15) is 4.98 Å². The molecule has 0 saturated heterocycles. The number of nitrogens with one attached hydrogen (secondary N) is 2. The first-order valence-electron chi connectivity index (χ1n) is 15.4. The molecule has 0 bridgehead atoms. The Labute approximate surface area is 250 Å². The van der Waals surface area contributed by atoms with E-state index in [1.807, 2.05) is 18.7 Å². The van der Waals surface area contributed by atoms with E-state index in [4.69, 9.17) is 0 Å². The number of aromatic nitrogens is 2. The second-order valence-corrected chi connectivity index (χ2v) is 12.6. The van der Waals surface area contributed by atoms with Crippen molar-refractivity contribution in [2.75, 3.05) is 29.9 Å². The van der Waals surface area contributed by atoms with Gasteiger partial charge < -0.3 is 20.6 Å². The van der Waals surface area contributed by atoms with Gasteiger partial charge in [0, 0.05) is 37.4 Å². The fourth-order valence-electron chi connectivity index (χ4n) is 5.99. The molecule has 1 aliphatic rings. The van der Waals surface area contributed by atoms with Crippen LogP contribution in [0.2, 0.25) is 0 Å². The van der Waals surface area contributed by atoms with Gasteiger partial charge in [-0.3, -0.25) is 0 Å². The molecule has 228 valence electrons. The van der Waals surface area contributed by atoms with Crippen LogP contribution in [0.3, 0.4) is 0 Å². The van der Waals surface area contributed by atoms with Crippen LogP contribution in [0.15, 0.2) is 54.7 Å². The van der Waals surface area contributed by atoms with Gasteiger partial charge in [-0.25, -0.2) is 13.8 Å². The molecule has 1 fully saturated rings. The van der Waals surface area contributed by atoms with Gasteiger partial charge in [0.25, 0.3) is 0 Å². The van der Waals surface area contributed by atoms with Crippen LogP contribution >= 0.6 is 0 Å². The predicted molar refractivity (Wildman–Crippen MR) is 167 cm³/mol. The van der Waals surface area contributed by atoms with Crippen molar-refractivity contribution >= 4 is 11.8 Å². The molecule has 1 heterocycles. The van der Waals surface area contributed by atoms with E-state index in [1.165, 1.54) is 29.7 Å². The van der Waals surface area contributed by atoms with E-state index < -0.39 is 23.8 Å². The van der Waals surface area contributed by atoms with E-state index in [9.17, 15) is 13.9 Å². The van der Waals surface area contributed by atoms with Gasteiger partial charge in [0.1, 0.15) is 17.5 Å². The van der Waals surface area contributed by atoms with Gasteiger partial charge in [-0.1, -0.05) is 64.3 Å². The van der Waals surface area contributed by atoms with Crippen molar-refractivity contribution in [2.45, 2.75) is 96.2 Å². The number of aliphatic hydroxyl groups is 1. The van der Waals surface area contributed by atoms with E-state index in [0.29, 0.717) is 23.9 Å². The summed E-state index contributed by atoms with van der Waals surface area (Å²) in [5.74, 6) is -0.129. The number of hydrogen-bond acceptors (Lipinski definition) is 6. The highest BCUT2D eigenvalue weighted by atomic mass is 19.1. The van der Waals surface area contributed by atoms with Gasteiger partial charge in [0.2, 0.25) is 5.95 Å². The Balaban J connectivity index is 1.60. The molecule has 4 rings (SSSR count). The summed E-state index contributed by atoms with van der Waals surface area (Å²) in [6.07, 6.45) is 6.43. The summed E-state index contributed by atoms with van der Waals surface area (Å²) in [4.78, 5) is 11.1. The van der Waals surface area contributed by atoms with Crippen molar-refractivity contribution in [2.24, 2.45) is 0 Å². The SMILES string of the molecule is CCN(CC)c1nccc(N[C@@H](Cc2cc(F)cc(F)c2)[C@H](O)CNC2(c3cccc(C(C)(C)C)c3)CCCCC2)n1. The zero-order valence-corrected chi connectivity index (χ0v) is 25.8. The first-order chi connectivity index (χ1) is 20.0. The molecule has 0 radical (unpaired) electrons. The molecule has 2 atom stereocenters. The maximum Gasteiger partial charge on any atom is 0.227 e.